The van der Waals surface area contributed by atoms with Crippen LogP contribution in [0.4, 0.5) is 5.69 Å². The summed E-state index contributed by atoms with van der Waals surface area (Å²) in [5, 5.41) is 6.62. The highest BCUT2D eigenvalue weighted by Gasteiger charge is 2.07. The second kappa shape index (κ2) is 10.6. The number of nitrogens with two attached hydrogens (primary N) is 1. The van der Waals surface area contributed by atoms with Crippen molar-refractivity contribution in [2.24, 2.45) is 10.7 Å². The lowest BCUT2D eigenvalue weighted by molar-refractivity contribution is 0.687. The van der Waals surface area contributed by atoms with Gasteiger partial charge in [0.1, 0.15) is 0 Å². The van der Waals surface area contributed by atoms with Crippen LogP contribution < -0.4 is 16.4 Å². The van der Waals surface area contributed by atoms with Crippen LogP contribution in [0.5, 0.6) is 0 Å². The molecule has 1 atom stereocenters. The van der Waals surface area contributed by atoms with Crippen LogP contribution in [0.25, 0.3) is 0 Å². The number of anilines is 1. The van der Waals surface area contributed by atoms with Crippen molar-refractivity contribution in [2.45, 2.75) is 25.8 Å². The van der Waals surface area contributed by atoms with Gasteiger partial charge in [0.15, 0.2) is 5.96 Å². The maximum absolute atomic E-state index is 5.97. The van der Waals surface area contributed by atoms with Gasteiger partial charge in [0.05, 0.1) is 35.6 Å². The number of aromatic nitrogens is 3. The molecule has 29 heavy (non-hydrogen) atoms. The molecule has 0 fully saturated rings. The van der Waals surface area contributed by atoms with Gasteiger partial charge in [0, 0.05) is 30.2 Å². The van der Waals surface area contributed by atoms with Crippen molar-refractivity contribution >= 4 is 27.6 Å². The standard InChI is InChI=1S/C21H26BrN7/c1-15(20-13-24-14-28-20)29-21(23)27-11-3-10-25-18-4-2-9-26-19(18)12-16-5-7-17(22)8-6-16/h2,4-9,13-15,25H,3,10-12H2,1H3,(H,24,28)(H3,23,27,29). The summed E-state index contributed by atoms with van der Waals surface area (Å²) in [6.45, 7) is 3.45. The number of benzene rings is 1. The van der Waals surface area contributed by atoms with Crippen LogP contribution in [0.2, 0.25) is 0 Å². The Morgan fingerprint density at radius 3 is 2.86 bits per heavy atom. The van der Waals surface area contributed by atoms with E-state index in [0.29, 0.717) is 12.5 Å². The first-order valence-electron chi connectivity index (χ1n) is 9.59. The Hall–Kier alpha value is -2.87. The lowest BCUT2D eigenvalue weighted by Gasteiger charge is -2.13. The van der Waals surface area contributed by atoms with Gasteiger partial charge in [0.2, 0.25) is 0 Å². The van der Waals surface area contributed by atoms with E-state index in [1.165, 1.54) is 5.56 Å². The van der Waals surface area contributed by atoms with Crippen LogP contribution in [0.1, 0.15) is 36.3 Å². The van der Waals surface area contributed by atoms with E-state index in [-0.39, 0.29) is 6.04 Å². The summed E-state index contributed by atoms with van der Waals surface area (Å²) >= 11 is 3.47. The zero-order chi connectivity index (χ0) is 20.5. The van der Waals surface area contributed by atoms with E-state index in [1.807, 2.05) is 19.2 Å². The van der Waals surface area contributed by atoms with Crippen molar-refractivity contribution in [1.29, 1.82) is 0 Å². The van der Waals surface area contributed by atoms with Gasteiger partial charge in [0.25, 0.3) is 0 Å². The second-order valence-electron chi connectivity index (χ2n) is 6.72. The van der Waals surface area contributed by atoms with Crippen LogP contribution in [-0.2, 0) is 6.42 Å². The molecular weight excluding hydrogens is 430 g/mol. The van der Waals surface area contributed by atoms with Crippen LogP contribution in [-0.4, -0.2) is 34.0 Å². The van der Waals surface area contributed by atoms with Crippen molar-refractivity contribution in [1.82, 2.24) is 20.3 Å². The molecule has 5 N–H and O–H groups in total. The fourth-order valence-electron chi connectivity index (χ4n) is 2.89. The molecule has 8 heteroatoms. The second-order valence-corrected chi connectivity index (χ2v) is 7.64. The van der Waals surface area contributed by atoms with Crippen molar-refractivity contribution in [2.75, 3.05) is 18.4 Å². The number of halogens is 1. The molecule has 2 heterocycles. The summed E-state index contributed by atoms with van der Waals surface area (Å²) in [6, 6.07) is 12.4. The number of rotatable bonds is 9. The Labute approximate surface area is 179 Å². The molecule has 3 aromatic rings. The van der Waals surface area contributed by atoms with Crippen molar-refractivity contribution < 1.29 is 0 Å². The SMILES string of the molecule is CC(NC(N)=NCCCNc1cccnc1Cc1ccc(Br)cc1)c1cnc[nH]1. The average Bonchev–Trinajstić information content (AvgIpc) is 3.26. The molecule has 1 unspecified atom stereocenters. The molecule has 152 valence electrons. The molecule has 0 aliphatic carbocycles. The number of nitrogens with one attached hydrogen (secondary N) is 3. The maximum Gasteiger partial charge on any atom is 0.189 e. The molecule has 0 aliphatic heterocycles. The van der Waals surface area contributed by atoms with Gasteiger partial charge in [-0.3, -0.25) is 9.98 Å². The van der Waals surface area contributed by atoms with E-state index in [1.54, 1.807) is 12.5 Å². The van der Waals surface area contributed by atoms with E-state index in [2.05, 4.69) is 76.8 Å². The molecule has 0 aliphatic rings. The van der Waals surface area contributed by atoms with Gasteiger partial charge in [-0.1, -0.05) is 28.1 Å². The molecule has 2 aromatic heterocycles. The fourth-order valence-corrected chi connectivity index (χ4v) is 3.15. The predicted octanol–water partition coefficient (Wildman–Crippen LogP) is 3.63. The Kier molecular flexibility index (Phi) is 7.63. The topological polar surface area (TPSA) is 104 Å². The monoisotopic (exact) mass is 455 g/mol. The third-order valence-corrected chi connectivity index (χ3v) is 4.99. The molecule has 0 saturated carbocycles. The molecular formula is C21H26BrN7. The molecule has 3 rings (SSSR count). The van der Waals surface area contributed by atoms with Crippen LogP contribution in [0.3, 0.4) is 0 Å². The first kappa shape index (κ1) is 20.9. The third-order valence-electron chi connectivity index (χ3n) is 4.46. The number of hydrogen-bond donors (Lipinski definition) is 4. The third kappa shape index (κ3) is 6.60. The molecule has 1 aromatic carbocycles. The predicted molar refractivity (Wildman–Crippen MR) is 121 cm³/mol. The molecule has 7 nitrogen and oxygen atoms in total. The van der Waals surface area contributed by atoms with Gasteiger partial charge in [-0.05, 0) is 43.2 Å². The van der Waals surface area contributed by atoms with Gasteiger partial charge < -0.3 is 21.4 Å². The zero-order valence-corrected chi connectivity index (χ0v) is 18.0. The number of guanidine groups is 1. The van der Waals surface area contributed by atoms with Crippen LogP contribution in [0.15, 0.2) is 64.6 Å². The van der Waals surface area contributed by atoms with E-state index in [0.717, 1.165) is 40.9 Å². The van der Waals surface area contributed by atoms with Crippen LogP contribution in [0, 0.1) is 0 Å². The number of H-pyrrole nitrogens is 1. The number of aliphatic imine (C=N–C) groups is 1. The quantitative estimate of drug-likeness (QED) is 0.224. The number of pyridine rings is 1. The van der Waals surface area contributed by atoms with E-state index in [4.69, 9.17) is 5.73 Å². The minimum absolute atomic E-state index is 0.0379. The highest BCUT2D eigenvalue weighted by molar-refractivity contribution is 9.10. The van der Waals surface area contributed by atoms with Gasteiger partial charge in [-0.25, -0.2) is 4.98 Å². The van der Waals surface area contributed by atoms with E-state index < -0.39 is 0 Å². The summed E-state index contributed by atoms with van der Waals surface area (Å²) in [5.41, 5.74) is 10.3. The molecule has 0 spiro atoms. The van der Waals surface area contributed by atoms with E-state index >= 15 is 0 Å². The normalized spacial score (nSPS) is 12.6. The molecule has 0 saturated heterocycles. The number of imidazole rings is 1. The van der Waals surface area contributed by atoms with Crippen molar-refractivity contribution in [3.05, 3.63) is 76.5 Å². The van der Waals surface area contributed by atoms with Gasteiger partial charge in [-0.15, -0.1) is 0 Å². The number of nitrogens with zero attached hydrogens (tertiary/aromatic N) is 3. The van der Waals surface area contributed by atoms with Crippen molar-refractivity contribution in [3.8, 4) is 0 Å². The highest BCUT2D eigenvalue weighted by atomic mass is 79.9. The Morgan fingerprint density at radius 1 is 1.28 bits per heavy atom. The van der Waals surface area contributed by atoms with Crippen molar-refractivity contribution in [3.63, 3.8) is 0 Å². The first-order chi connectivity index (χ1) is 14.1. The smallest absolute Gasteiger partial charge is 0.189 e. The molecule has 0 amide bonds. The summed E-state index contributed by atoms with van der Waals surface area (Å²) in [6.07, 6.45) is 6.91. The minimum Gasteiger partial charge on any atom is -0.383 e. The number of aromatic amines is 1. The van der Waals surface area contributed by atoms with Gasteiger partial charge in [-0.2, -0.15) is 0 Å². The van der Waals surface area contributed by atoms with Gasteiger partial charge >= 0.3 is 0 Å². The maximum atomic E-state index is 5.97. The lowest BCUT2D eigenvalue weighted by atomic mass is 10.1. The summed E-state index contributed by atoms with van der Waals surface area (Å²) < 4.78 is 1.08. The summed E-state index contributed by atoms with van der Waals surface area (Å²) in [7, 11) is 0. The van der Waals surface area contributed by atoms with E-state index in [9.17, 15) is 0 Å². The Morgan fingerprint density at radius 2 is 2.10 bits per heavy atom. The summed E-state index contributed by atoms with van der Waals surface area (Å²) in [5.74, 6) is 0.435. The lowest BCUT2D eigenvalue weighted by Crippen LogP contribution is -2.34. The average molecular weight is 456 g/mol. The summed E-state index contributed by atoms with van der Waals surface area (Å²) in [4.78, 5) is 16.0. The Bertz CT molecular complexity index is 907. The Balaban J connectivity index is 1.45. The fraction of sp³-hybridized carbons (Fsp3) is 0.286. The highest BCUT2D eigenvalue weighted by Crippen LogP contribution is 2.18. The first-order valence-corrected chi connectivity index (χ1v) is 10.4. The molecule has 0 bridgehead atoms. The number of hydrogen-bond acceptors (Lipinski definition) is 4. The zero-order valence-electron chi connectivity index (χ0n) is 16.4. The van der Waals surface area contributed by atoms with Crippen LogP contribution >= 0.6 is 15.9 Å². The largest absolute Gasteiger partial charge is 0.383 e. The molecule has 0 radical (unpaired) electrons. The minimum atomic E-state index is 0.0379.